The minimum atomic E-state index is -0.834. The topological polar surface area (TPSA) is 57.6 Å². The van der Waals surface area contributed by atoms with E-state index in [2.05, 4.69) is 15.9 Å². The second-order valence-electron chi connectivity index (χ2n) is 5.11. The number of carbonyl (C=O) groups is 2. The van der Waals surface area contributed by atoms with Crippen LogP contribution in [0.3, 0.4) is 0 Å². The van der Waals surface area contributed by atoms with Crippen molar-refractivity contribution in [1.82, 2.24) is 4.90 Å². The maximum Gasteiger partial charge on any atom is 0.303 e. The Bertz CT molecular complexity index is 480. The fourth-order valence-corrected chi connectivity index (χ4v) is 2.63. The molecule has 5 heteroatoms. The molecule has 0 unspecified atom stereocenters. The molecule has 0 radical (unpaired) electrons. The second kappa shape index (κ2) is 7.43. The van der Waals surface area contributed by atoms with Crippen LogP contribution in [0.4, 0.5) is 0 Å². The van der Waals surface area contributed by atoms with Crippen LogP contribution in [-0.2, 0) is 4.79 Å². The molecule has 0 saturated heterocycles. The standard InChI is InChI=1S/C15H20BrNO3/c1-10(2)17(6-4-5-14(18)19)15(20)12-7-11(3)8-13(16)9-12/h7-10H,4-6H2,1-3H3,(H,18,19). The van der Waals surface area contributed by atoms with Gasteiger partial charge in [0.15, 0.2) is 0 Å². The smallest absolute Gasteiger partial charge is 0.303 e. The predicted octanol–water partition coefficient (Wildman–Crippen LogP) is 3.47. The van der Waals surface area contributed by atoms with E-state index in [9.17, 15) is 9.59 Å². The fourth-order valence-electron chi connectivity index (χ4n) is 2.02. The number of carbonyl (C=O) groups excluding carboxylic acids is 1. The highest BCUT2D eigenvalue weighted by Crippen LogP contribution is 2.18. The van der Waals surface area contributed by atoms with Crippen molar-refractivity contribution in [2.75, 3.05) is 6.54 Å². The normalized spacial score (nSPS) is 10.7. The van der Waals surface area contributed by atoms with E-state index in [1.54, 1.807) is 11.0 Å². The SMILES string of the molecule is Cc1cc(Br)cc(C(=O)N(CCCC(=O)O)C(C)C)c1. The summed E-state index contributed by atoms with van der Waals surface area (Å²) >= 11 is 3.39. The molecule has 0 spiro atoms. The molecule has 4 nitrogen and oxygen atoms in total. The highest BCUT2D eigenvalue weighted by Gasteiger charge is 2.19. The van der Waals surface area contributed by atoms with Gasteiger partial charge in [-0.25, -0.2) is 0 Å². The summed E-state index contributed by atoms with van der Waals surface area (Å²) in [6, 6.07) is 5.62. The molecule has 1 rings (SSSR count). The van der Waals surface area contributed by atoms with Gasteiger partial charge in [0.25, 0.3) is 5.91 Å². The zero-order chi connectivity index (χ0) is 15.3. The van der Waals surface area contributed by atoms with Crippen LogP contribution >= 0.6 is 15.9 Å². The zero-order valence-corrected chi connectivity index (χ0v) is 13.6. The van der Waals surface area contributed by atoms with Gasteiger partial charge in [0, 0.05) is 29.0 Å². The number of rotatable bonds is 6. The van der Waals surface area contributed by atoms with Gasteiger partial charge in [0.05, 0.1) is 0 Å². The van der Waals surface area contributed by atoms with Crippen molar-refractivity contribution in [1.29, 1.82) is 0 Å². The Morgan fingerprint density at radius 2 is 1.95 bits per heavy atom. The molecule has 0 saturated carbocycles. The summed E-state index contributed by atoms with van der Waals surface area (Å²) in [6.45, 7) is 6.26. The molecular formula is C15H20BrNO3. The molecule has 1 aromatic carbocycles. The predicted molar refractivity (Wildman–Crippen MR) is 81.9 cm³/mol. The summed E-state index contributed by atoms with van der Waals surface area (Å²) in [7, 11) is 0. The molecule has 0 aliphatic heterocycles. The Balaban J connectivity index is 2.85. The van der Waals surface area contributed by atoms with Crippen molar-refractivity contribution in [3.63, 3.8) is 0 Å². The lowest BCUT2D eigenvalue weighted by atomic mass is 10.1. The largest absolute Gasteiger partial charge is 0.481 e. The Labute approximate surface area is 127 Å². The van der Waals surface area contributed by atoms with Gasteiger partial charge in [0.2, 0.25) is 0 Å². The van der Waals surface area contributed by atoms with E-state index in [-0.39, 0.29) is 18.4 Å². The molecule has 0 aromatic heterocycles. The number of carboxylic acid groups (broad SMARTS) is 1. The molecule has 0 heterocycles. The van der Waals surface area contributed by atoms with Crippen LogP contribution < -0.4 is 0 Å². The first kappa shape index (κ1) is 16.7. The lowest BCUT2D eigenvalue weighted by molar-refractivity contribution is -0.137. The van der Waals surface area contributed by atoms with E-state index in [1.165, 1.54) is 0 Å². The number of hydrogen-bond acceptors (Lipinski definition) is 2. The Hall–Kier alpha value is -1.36. The van der Waals surface area contributed by atoms with E-state index < -0.39 is 5.97 Å². The number of carboxylic acids is 1. The van der Waals surface area contributed by atoms with Crippen LogP contribution in [-0.4, -0.2) is 34.5 Å². The monoisotopic (exact) mass is 341 g/mol. The van der Waals surface area contributed by atoms with Gasteiger partial charge < -0.3 is 10.0 Å². The molecule has 1 aromatic rings. The average molecular weight is 342 g/mol. The summed E-state index contributed by atoms with van der Waals surface area (Å²) in [5.74, 6) is -0.894. The number of benzene rings is 1. The van der Waals surface area contributed by atoms with E-state index >= 15 is 0 Å². The maximum atomic E-state index is 12.5. The third kappa shape index (κ3) is 4.96. The summed E-state index contributed by atoms with van der Waals surface area (Å²) in [6.07, 6.45) is 0.542. The van der Waals surface area contributed by atoms with E-state index in [0.29, 0.717) is 18.5 Å². The van der Waals surface area contributed by atoms with Crippen LogP contribution in [0.2, 0.25) is 0 Å². The first-order valence-electron chi connectivity index (χ1n) is 6.61. The molecular weight excluding hydrogens is 322 g/mol. The highest BCUT2D eigenvalue weighted by atomic mass is 79.9. The first-order chi connectivity index (χ1) is 9.31. The summed E-state index contributed by atoms with van der Waals surface area (Å²) in [5.41, 5.74) is 1.64. The molecule has 0 fully saturated rings. The maximum absolute atomic E-state index is 12.5. The lowest BCUT2D eigenvalue weighted by Gasteiger charge is -2.27. The van der Waals surface area contributed by atoms with Crippen molar-refractivity contribution >= 4 is 27.8 Å². The van der Waals surface area contributed by atoms with Gasteiger partial charge in [-0.3, -0.25) is 9.59 Å². The number of aryl methyl sites for hydroxylation is 1. The minimum Gasteiger partial charge on any atom is -0.481 e. The molecule has 0 atom stereocenters. The summed E-state index contributed by atoms with van der Waals surface area (Å²) < 4.78 is 0.870. The van der Waals surface area contributed by atoms with E-state index in [4.69, 9.17) is 5.11 Å². The van der Waals surface area contributed by atoms with Crippen LogP contribution in [0.5, 0.6) is 0 Å². The molecule has 20 heavy (non-hydrogen) atoms. The van der Waals surface area contributed by atoms with Crippen LogP contribution in [0, 0.1) is 6.92 Å². The van der Waals surface area contributed by atoms with Crippen molar-refractivity contribution in [3.05, 3.63) is 33.8 Å². The fraction of sp³-hybridized carbons (Fsp3) is 0.467. The Kier molecular flexibility index (Phi) is 6.20. The molecule has 0 aliphatic carbocycles. The molecule has 1 N–H and O–H groups in total. The number of hydrogen-bond donors (Lipinski definition) is 1. The number of aliphatic carboxylic acids is 1. The Morgan fingerprint density at radius 3 is 2.45 bits per heavy atom. The molecule has 110 valence electrons. The van der Waals surface area contributed by atoms with Gasteiger partial charge in [-0.1, -0.05) is 15.9 Å². The summed E-state index contributed by atoms with van der Waals surface area (Å²) in [4.78, 5) is 24.8. The van der Waals surface area contributed by atoms with Crippen molar-refractivity contribution in [3.8, 4) is 0 Å². The van der Waals surface area contributed by atoms with E-state index in [1.807, 2.05) is 32.9 Å². The third-order valence-corrected chi connectivity index (χ3v) is 3.42. The van der Waals surface area contributed by atoms with E-state index in [0.717, 1.165) is 10.0 Å². The van der Waals surface area contributed by atoms with Gasteiger partial charge in [-0.2, -0.15) is 0 Å². The quantitative estimate of drug-likeness (QED) is 0.861. The number of amides is 1. The Morgan fingerprint density at radius 1 is 1.30 bits per heavy atom. The van der Waals surface area contributed by atoms with Crippen LogP contribution in [0.15, 0.2) is 22.7 Å². The van der Waals surface area contributed by atoms with Gasteiger partial charge in [-0.05, 0) is 51.0 Å². The second-order valence-corrected chi connectivity index (χ2v) is 6.02. The summed E-state index contributed by atoms with van der Waals surface area (Å²) in [5, 5.41) is 8.68. The first-order valence-corrected chi connectivity index (χ1v) is 7.40. The van der Waals surface area contributed by atoms with Gasteiger partial charge in [0.1, 0.15) is 0 Å². The average Bonchev–Trinajstić information content (AvgIpc) is 2.31. The van der Waals surface area contributed by atoms with Crippen LogP contribution in [0.1, 0.15) is 42.6 Å². The van der Waals surface area contributed by atoms with Crippen molar-refractivity contribution in [2.24, 2.45) is 0 Å². The zero-order valence-electron chi connectivity index (χ0n) is 12.0. The third-order valence-electron chi connectivity index (χ3n) is 2.96. The van der Waals surface area contributed by atoms with Crippen molar-refractivity contribution < 1.29 is 14.7 Å². The van der Waals surface area contributed by atoms with Crippen LogP contribution in [0.25, 0.3) is 0 Å². The highest BCUT2D eigenvalue weighted by molar-refractivity contribution is 9.10. The van der Waals surface area contributed by atoms with Crippen molar-refractivity contribution in [2.45, 2.75) is 39.7 Å². The number of halogens is 1. The molecule has 0 bridgehead atoms. The minimum absolute atomic E-state index is 0.0376. The molecule has 1 amide bonds. The van der Waals surface area contributed by atoms with Gasteiger partial charge >= 0.3 is 5.97 Å². The number of nitrogens with zero attached hydrogens (tertiary/aromatic N) is 1. The van der Waals surface area contributed by atoms with Gasteiger partial charge in [-0.15, -0.1) is 0 Å². The molecule has 0 aliphatic rings. The lowest BCUT2D eigenvalue weighted by Crippen LogP contribution is -2.38.